The second-order valence-electron chi connectivity index (χ2n) is 5.33. The van der Waals surface area contributed by atoms with Crippen LogP contribution in [0, 0.1) is 5.82 Å². The van der Waals surface area contributed by atoms with Crippen molar-refractivity contribution in [3.8, 4) is 0 Å². The van der Waals surface area contributed by atoms with E-state index in [2.05, 4.69) is 5.32 Å². The third kappa shape index (κ3) is 4.51. The largest absolute Gasteiger partial charge is 0.451 e. The zero-order chi connectivity index (χ0) is 16.8. The predicted molar refractivity (Wildman–Crippen MR) is 80.1 cm³/mol. The van der Waals surface area contributed by atoms with Gasteiger partial charge in [0.2, 0.25) is 0 Å². The highest BCUT2D eigenvalue weighted by atomic mass is 19.1. The monoisotopic (exact) mass is 322 g/mol. The van der Waals surface area contributed by atoms with Crippen LogP contribution in [0.2, 0.25) is 0 Å². The maximum Gasteiger partial charge on any atom is 0.326 e. The lowest BCUT2D eigenvalue weighted by Gasteiger charge is -2.20. The molecule has 1 aromatic carbocycles. The Bertz CT molecular complexity index is 599. The Morgan fingerprint density at radius 3 is 2.57 bits per heavy atom. The lowest BCUT2D eigenvalue weighted by molar-refractivity contribution is -0.157. The van der Waals surface area contributed by atoms with Crippen molar-refractivity contribution in [1.82, 2.24) is 10.2 Å². The second kappa shape index (κ2) is 7.71. The Labute approximate surface area is 133 Å². The molecule has 1 atom stereocenters. The van der Waals surface area contributed by atoms with Gasteiger partial charge in [-0.05, 0) is 31.9 Å². The van der Waals surface area contributed by atoms with Gasteiger partial charge in [0.15, 0.2) is 6.10 Å². The molecular weight excluding hydrogens is 303 g/mol. The number of rotatable bonds is 5. The van der Waals surface area contributed by atoms with Crippen LogP contribution in [0.1, 0.15) is 30.1 Å². The van der Waals surface area contributed by atoms with Crippen LogP contribution < -0.4 is 5.32 Å². The molecule has 0 saturated carbocycles. The van der Waals surface area contributed by atoms with Crippen LogP contribution in [0.5, 0.6) is 0 Å². The summed E-state index contributed by atoms with van der Waals surface area (Å²) in [6.45, 7) is 2.41. The molecule has 0 unspecified atom stereocenters. The van der Waals surface area contributed by atoms with Gasteiger partial charge in [0, 0.05) is 13.1 Å². The number of halogens is 1. The number of nitrogens with zero attached hydrogens (tertiary/aromatic N) is 1. The molecule has 1 N–H and O–H groups in total. The lowest BCUT2D eigenvalue weighted by Crippen LogP contribution is -2.40. The molecule has 2 amide bonds. The summed E-state index contributed by atoms with van der Waals surface area (Å²) in [7, 11) is 0. The van der Waals surface area contributed by atoms with Crippen molar-refractivity contribution < 1.29 is 23.5 Å². The number of hydrogen-bond acceptors (Lipinski definition) is 4. The first-order chi connectivity index (χ1) is 11.0. The zero-order valence-electron chi connectivity index (χ0n) is 12.9. The number of nitrogens with one attached hydrogen (secondary N) is 1. The fourth-order valence-electron chi connectivity index (χ4n) is 2.38. The minimum absolute atomic E-state index is 0.151. The molecule has 0 radical (unpaired) electrons. The van der Waals surface area contributed by atoms with Crippen molar-refractivity contribution in [3.63, 3.8) is 0 Å². The van der Waals surface area contributed by atoms with Gasteiger partial charge < -0.3 is 15.0 Å². The summed E-state index contributed by atoms with van der Waals surface area (Å²) in [5.41, 5.74) is -0.151. The Balaban J connectivity index is 1.79. The zero-order valence-corrected chi connectivity index (χ0v) is 12.9. The quantitative estimate of drug-likeness (QED) is 0.824. The first-order valence-electron chi connectivity index (χ1n) is 7.50. The molecule has 0 aliphatic carbocycles. The van der Waals surface area contributed by atoms with Crippen LogP contribution in [0.3, 0.4) is 0 Å². The number of amides is 2. The average Bonchev–Trinajstić information content (AvgIpc) is 3.06. The van der Waals surface area contributed by atoms with Crippen LogP contribution in [0.25, 0.3) is 0 Å². The molecule has 1 heterocycles. The predicted octanol–water partition coefficient (Wildman–Crippen LogP) is 1.11. The molecule has 0 spiro atoms. The van der Waals surface area contributed by atoms with Crippen molar-refractivity contribution in [3.05, 3.63) is 35.6 Å². The maximum atomic E-state index is 13.4. The van der Waals surface area contributed by atoms with Gasteiger partial charge in [-0.3, -0.25) is 14.4 Å². The van der Waals surface area contributed by atoms with Gasteiger partial charge in [-0.2, -0.15) is 0 Å². The molecular formula is C16H19FN2O4. The van der Waals surface area contributed by atoms with Gasteiger partial charge >= 0.3 is 5.97 Å². The average molecular weight is 322 g/mol. The van der Waals surface area contributed by atoms with E-state index < -0.39 is 30.3 Å². The molecule has 1 aliphatic rings. The van der Waals surface area contributed by atoms with E-state index in [0.29, 0.717) is 13.1 Å². The fourth-order valence-corrected chi connectivity index (χ4v) is 2.38. The summed E-state index contributed by atoms with van der Waals surface area (Å²) in [4.78, 5) is 37.1. The smallest absolute Gasteiger partial charge is 0.326 e. The first-order valence-corrected chi connectivity index (χ1v) is 7.50. The van der Waals surface area contributed by atoms with Crippen molar-refractivity contribution in [2.24, 2.45) is 0 Å². The van der Waals surface area contributed by atoms with Crippen LogP contribution in [-0.2, 0) is 14.3 Å². The highest BCUT2D eigenvalue weighted by molar-refractivity contribution is 5.96. The van der Waals surface area contributed by atoms with Gasteiger partial charge in [0.05, 0.1) is 5.56 Å². The lowest BCUT2D eigenvalue weighted by atomic mass is 10.2. The minimum Gasteiger partial charge on any atom is -0.451 e. The Morgan fingerprint density at radius 1 is 1.26 bits per heavy atom. The second-order valence-corrected chi connectivity index (χ2v) is 5.33. The molecule has 1 fully saturated rings. The van der Waals surface area contributed by atoms with Crippen LogP contribution in [-0.4, -0.2) is 48.4 Å². The SMILES string of the molecule is C[C@H](OC(=O)CNC(=O)c1ccccc1F)C(=O)N1CCCC1. The van der Waals surface area contributed by atoms with Crippen LogP contribution >= 0.6 is 0 Å². The van der Waals surface area contributed by atoms with Crippen molar-refractivity contribution in [2.75, 3.05) is 19.6 Å². The highest BCUT2D eigenvalue weighted by Crippen LogP contribution is 2.10. The third-order valence-electron chi connectivity index (χ3n) is 3.59. The van der Waals surface area contributed by atoms with E-state index in [1.165, 1.54) is 25.1 Å². The van der Waals surface area contributed by atoms with E-state index in [0.717, 1.165) is 18.9 Å². The molecule has 0 bridgehead atoms. The van der Waals surface area contributed by atoms with Crippen LogP contribution in [0.15, 0.2) is 24.3 Å². The van der Waals surface area contributed by atoms with Crippen molar-refractivity contribution in [2.45, 2.75) is 25.9 Å². The number of carbonyl (C=O) groups is 3. The number of ether oxygens (including phenoxy) is 1. The van der Waals surface area contributed by atoms with E-state index in [9.17, 15) is 18.8 Å². The topological polar surface area (TPSA) is 75.7 Å². The Morgan fingerprint density at radius 2 is 1.91 bits per heavy atom. The molecule has 23 heavy (non-hydrogen) atoms. The van der Waals surface area contributed by atoms with Gasteiger partial charge in [-0.15, -0.1) is 0 Å². The summed E-state index contributed by atoms with van der Waals surface area (Å²) in [6.07, 6.45) is 1.00. The molecule has 124 valence electrons. The summed E-state index contributed by atoms with van der Waals surface area (Å²) in [5, 5.41) is 2.28. The first kappa shape index (κ1) is 16.9. The number of likely N-dealkylation sites (tertiary alicyclic amines) is 1. The van der Waals surface area contributed by atoms with E-state index in [1.54, 1.807) is 4.90 Å². The van der Waals surface area contributed by atoms with Crippen molar-refractivity contribution in [1.29, 1.82) is 0 Å². The van der Waals surface area contributed by atoms with Gasteiger partial charge in [-0.1, -0.05) is 12.1 Å². The molecule has 1 saturated heterocycles. The summed E-state index contributed by atoms with van der Waals surface area (Å²) in [5.74, 6) is -2.36. The van der Waals surface area contributed by atoms with Gasteiger partial charge in [0.1, 0.15) is 12.4 Å². The Hall–Kier alpha value is -2.44. The number of hydrogen-bond donors (Lipinski definition) is 1. The van der Waals surface area contributed by atoms with E-state index in [4.69, 9.17) is 4.74 Å². The number of carbonyl (C=O) groups excluding carboxylic acids is 3. The normalized spacial score (nSPS) is 15.1. The van der Waals surface area contributed by atoms with E-state index in [1.807, 2.05) is 0 Å². The molecule has 1 aromatic rings. The summed E-state index contributed by atoms with van der Waals surface area (Å²) in [6, 6.07) is 5.46. The molecule has 6 nitrogen and oxygen atoms in total. The molecule has 2 rings (SSSR count). The highest BCUT2D eigenvalue weighted by Gasteiger charge is 2.26. The molecule has 0 aromatic heterocycles. The van der Waals surface area contributed by atoms with Crippen molar-refractivity contribution >= 4 is 17.8 Å². The van der Waals surface area contributed by atoms with E-state index >= 15 is 0 Å². The molecule has 7 heteroatoms. The number of esters is 1. The number of benzene rings is 1. The summed E-state index contributed by atoms with van der Waals surface area (Å²) >= 11 is 0. The maximum absolute atomic E-state index is 13.4. The van der Waals surface area contributed by atoms with Gasteiger partial charge in [-0.25, -0.2) is 4.39 Å². The Kier molecular flexibility index (Phi) is 5.67. The fraction of sp³-hybridized carbons (Fsp3) is 0.438. The van der Waals surface area contributed by atoms with E-state index in [-0.39, 0.29) is 11.5 Å². The molecule has 1 aliphatic heterocycles. The minimum atomic E-state index is -0.897. The van der Waals surface area contributed by atoms with Gasteiger partial charge in [0.25, 0.3) is 11.8 Å². The van der Waals surface area contributed by atoms with Crippen LogP contribution in [0.4, 0.5) is 4.39 Å². The standard InChI is InChI=1S/C16H19FN2O4/c1-11(16(22)19-8-4-5-9-19)23-14(20)10-18-15(21)12-6-2-3-7-13(12)17/h2-3,6-7,11H,4-5,8-10H2,1H3,(H,18,21)/t11-/m0/s1. The third-order valence-corrected chi connectivity index (χ3v) is 3.59. The summed E-state index contributed by atoms with van der Waals surface area (Å²) < 4.78 is 18.4.